The van der Waals surface area contributed by atoms with Crippen LogP contribution in [0.4, 0.5) is 0 Å². The standard InChI is InChI=1S/C19H26N2.2ClH.Hf/c1-10-11(2)15(6)19(7,14(10)5)17-9-8-16(18(20)21)12(3)13(17)4;;;/h8-9H,1-7H3,(H3,20,21);2*1H;/q;;;+2/p-2. The van der Waals surface area contributed by atoms with Crippen LogP contribution < -0.4 is 30.5 Å². The van der Waals surface area contributed by atoms with Crippen molar-refractivity contribution < 1.29 is 50.7 Å². The van der Waals surface area contributed by atoms with Gasteiger partial charge in [-0.15, -0.1) is 0 Å². The zero-order chi connectivity index (χ0) is 16.1. The number of nitrogens with two attached hydrogens (primary N) is 1. The monoisotopic (exact) mass is 532 g/mol. The molecule has 0 radical (unpaired) electrons. The second-order valence-corrected chi connectivity index (χ2v) is 6.45. The minimum atomic E-state index is -0.0433. The molecule has 0 amide bonds. The summed E-state index contributed by atoms with van der Waals surface area (Å²) in [6.45, 7) is 15.4. The van der Waals surface area contributed by atoms with E-state index < -0.39 is 0 Å². The van der Waals surface area contributed by atoms with E-state index in [4.69, 9.17) is 11.1 Å². The van der Waals surface area contributed by atoms with Crippen molar-refractivity contribution in [2.75, 3.05) is 0 Å². The maximum Gasteiger partial charge on any atom is 2.00 e. The molecular formula is C19H26Cl2HfN2. The summed E-state index contributed by atoms with van der Waals surface area (Å²) in [5.74, 6) is 0.144. The van der Waals surface area contributed by atoms with Gasteiger partial charge < -0.3 is 30.5 Å². The van der Waals surface area contributed by atoms with Crippen LogP contribution in [0.1, 0.15) is 56.9 Å². The number of rotatable bonds is 2. The number of amidine groups is 1. The van der Waals surface area contributed by atoms with Gasteiger partial charge in [-0.25, -0.2) is 0 Å². The average molecular weight is 532 g/mol. The Morgan fingerprint density at radius 3 is 1.67 bits per heavy atom. The Bertz CT molecular complexity index is 694. The van der Waals surface area contributed by atoms with Gasteiger partial charge in [0.05, 0.1) is 0 Å². The molecule has 0 aliphatic heterocycles. The molecular weight excluding hydrogens is 506 g/mol. The van der Waals surface area contributed by atoms with Crippen LogP contribution in [0.5, 0.6) is 0 Å². The van der Waals surface area contributed by atoms with E-state index in [0.29, 0.717) is 0 Å². The van der Waals surface area contributed by atoms with E-state index in [0.717, 1.165) is 11.1 Å². The summed E-state index contributed by atoms with van der Waals surface area (Å²) in [7, 11) is 0. The SMILES string of the molecule is CC1=C(C)C(C)(c2ccc(C(=N)N)c(C)c2C)C(C)=C1C.[Cl-].[Cl-].[Hf+2]. The van der Waals surface area contributed by atoms with Gasteiger partial charge in [-0.05, 0) is 76.3 Å². The largest absolute Gasteiger partial charge is 2.00 e. The second-order valence-electron chi connectivity index (χ2n) is 6.45. The van der Waals surface area contributed by atoms with Crippen LogP contribution in [-0.4, -0.2) is 5.84 Å². The van der Waals surface area contributed by atoms with E-state index >= 15 is 0 Å². The fourth-order valence-corrected chi connectivity index (χ4v) is 3.65. The number of hydrogen-bond donors (Lipinski definition) is 2. The summed E-state index contributed by atoms with van der Waals surface area (Å²) in [4.78, 5) is 0. The van der Waals surface area contributed by atoms with Crippen LogP contribution in [-0.2, 0) is 31.3 Å². The van der Waals surface area contributed by atoms with Crippen LogP contribution in [0, 0.1) is 19.3 Å². The van der Waals surface area contributed by atoms with Gasteiger partial charge in [-0.2, -0.15) is 0 Å². The van der Waals surface area contributed by atoms with E-state index in [9.17, 15) is 0 Å². The van der Waals surface area contributed by atoms with Gasteiger partial charge in [0.25, 0.3) is 0 Å². The number of allylic oxidation sites excluding steroid dienone is 4. The number of nitrogens with one attached hydrogen (secondary N) is 1. The Morgan fingerprint density at radius 2 is 1.29 bits per heavy atom. The molecule has 0 aromatic heterocycles. The smallest absolute Gasteiger partial charge is 1.00 e. The molecule has 0 unspecified atom stereocenters. The first-order chi connectivity index (χ1) is 9.63. The van der Waals surface area contributed by atoms with Crippen molar-refractivity contribution in [3.8, 4) is 0 Å². The van der Waals surface area contributed by atoms with Crippen LogP contribution in [0.25, 0.3) is 0 Å². The minimum Gasteiger partial charge on any atom is -1.00 e. The molecule has 24 heavy (non-hydrogen) atoms. The number of hydrogen-bond acceptors (Lipinski definition) is 1. The van der Waals surface area contributed by atoms with Crippen molar-refractivity contribution >= 4 is 5.84 Å². The maximum absolute atomic E-state index is 7.70. The predicted molar refractivity (Wildman–Crippen MR) is 91.0 cm³/mol. The van der Waals surface area contributed by atoms with Crippen LogP contribution in [0.3, 0.4) is 0 Å². The molecule has 1 aromatic carbocycles. The van der Waals surface area contributed by atoms with Gasteiger partial charge in [-0.3, -0.25) is 5.41 Å². The first kappa shape index (κ1) is 25.9. The van der Waals surface area contributed by atoms with Gasteiger partial charge in [0.15, 0.2) is 0 Å². The molecule has 0 heterocycles. The zero-order valence-electron chi connectivity index (χ0n) is 15.5. The van der Waals surface area contributed by atoms with Gasteiger partial charge in [-0.1, -0.05) is 23.3 Å². The number of benzene rings is 1. The van der Waals surface area contributed by atoms with E-state index in [1.54, 1.807) is 0 Å². The molecule has 0 saturated carbocycles. The molecule has 1 aromatic rings. The molecule has 0 saturated heterocycles. The Labute approximate surface area is 177 Å². The summed E-state index contributed by atoms with van der Waals surface area (Å²) in [5, 5.41) is 7.70. The first-order valence-electron chi connectivity index (χ1n) is 7.45. The molecule has 1 aliphatic rings. The Kier molecular flexibility index (Phi) is 9.50. The minimum absolute atomic E-state index is 0. The Hall–Kier alpha value is -0.380. The van der Waals surface area contributed by atoms with Crippen molar-refractivity contribution in [1.82, 2.24) is 0 Å². The second kappa shape index (κ2) is 8.82. The summed E-state index contributed by atoms with van der Waals surface area (Å²) in [5.41, 5.74) is 15.8. The number of nitrogen functional groups attached to an aromatic ring is 1. The molecule has 0 bridgehead atoms. The Morgan fingerprint density at radius 1 is 0.875 bits per heavy atom. The fourth-order valence-electron chi connectivity index (χ4n) is 3.65. The molecule has 5 heteroatoms. The van der Waals surface area contributed by atoms with Crippen LogP contribution >= 0.6 is 0 Å². The first-order valence-corrected chi connectivity index (χ1v) is 7.45. The summed E-state index contributed by atoms with van der Waals surface area (Å²) in [6, 6.07) is 4.15. The van der Waals surface area contributed by atoms with Crippen molar-refractivity contribution in [2.45, 2.75) is 53.9 Å². The van der Waals surface area contributed by atoms with Crippen LogP contribution in [0.2, 0.25) is 0 Å². The molecule has 0 spiro atoms. The molecule has 1 aliphatic carbocycles. The summed E-state index contributed by atoms with van der Waals surface area (Å²) < 4.78 is 0. The van der Waals surface area contributed by atoms with Crippen molar-refractivity contribution in [1.29, 1.82) is 5.41 Å². The summed E-state index contributed by atoms with van der Waals surface area (Å²) in [6.07, 6.45) is 0. The molecule has 0 atom stereocenters. The van der Waals surface area contributed by atoms with E-state index in [-0.39, 0.29) is 61.9 Å². The average Bonchev–Trinajstić information content (AvgIpc) is 2.58. The van der Waals surface area contributed by atoms with E-state index in [1.165, 1.54) is 33.4 Å². The Balaban J connectivity index is 0. The number of halogens is 2. The van der Waals surface area contributed by atoms with Gasteiger partial charge in [0.1, 0.15) is 5.84 Å². The molecule has 3 N–H and O–H groups in total. The van der Waals surface area contributed by atoms with E-state index in [1.807, 2.05) is 6.07 Å². The third-order valence-corrected chi connectivity index (χ3v) is 5.80. The predicted octanol–water partition coefficient (Wildman–Crippen LogP) is -1.46. The third-order valence-electron chi connectivity index (χ3n) is 5.80. The molecule has 2 nitrogen and oxygen atoms in total. The van der Waals surface area contributed by atoms with Crippen molar-refractivity contribution in [2.24, 2.45) is 5.73 Å². The quantitative estimate of drug-likeness (QED) is 0.274. The van der Waals surface area contributed by atoms with Crippen molar-refractivity contribution in [3.05, 3.63) is 56.7 Å². The van der Waals surface area contributed by atoms with Gasteiger partial charge in [0, 0.05) is 11.0 Å². The molecule has 2 rings (SSSR count). The van der Waals surface area contributed by atoms with E-state index in [2.05, 4.69) is 54.5 Å². The normalized spacial score (nSPS) is 15.5. The summed E-state index contributed by atoms with van der Waals surface area (Å²) >= 11 is 0. The fraction of sp³-hybridized carbons (Fsp3) is 0.421. The zero-order valence-corrected chi connectivity index (χ0v) is 20.6. The van der Waals surface area contributed by atoms with Crippen molar-refractivity contribution in [3.63, 3.8) is 0 Å². The van der Waals surface area contributed by atoms with Crippen LogP contribution in [0.15, 0.2) is 34.4 Å². The third kappa shape index (κ3) is 3.59. The van der Waals surface area contributed by atoms with Gasteiger partial charge >= 0.3 is 25.8 Å². The topological polar surface area (TPSA) is 49.9 Å². The molecule has 0 fully saturated rings. The molecule has 130 valence electrons. The maximum atomic E-state index is 7.70. The van der Waals surface area contributed by atoms with Gasteiger partial charge in [0.2, 0.25) is 0 Å².